The molecule has 0 aliphatic heterocycles. The van der Waals surface area contributed by atoms with Gasteiger partial charge in [0, 0.05) is 11.9 Å². The second kappa shape index (κ2) is 11.8. The zero-order chi connectivity index (χ0) is 20.2. The first-order valence-corrected chi connectivity index (χ1v) is 9.87. The van der Waals surface area contributed by atoms with E-state index in [0.29, 0.717) is 12.4 Å². The van der Waals surface area contributed by atoms with Crippen molar-refractivity contribution < 1.29 is 14.3 Å². The van der Waals surface area contributed by atoms with Crippen molar-refractivity contribution >= 4 is 12.0 Å². The molecule has 1 heterocycles. The number of primary amides is 1. The second-order valence-corrected chi connectivity index (χ2v) is 6.84. The third-order valence-corrected chi connectivity index (χ3v) is 4.43. The Bertz CT molecular complexity index is 730. The number of carbonyl (C=O) groups excluding carboxylic acids is 2. The lowest BCUT2D eigenvalue weighted by molar-refractivity contribution is -0.118. The molecule has 0 unspecified atom stereocenters. The number of amides is 2. The van der Waals surface area contributed by atoms with Crippen LogP contribution in [0.2, 0.25) is 0 Å². The third-order valence-electron chi connectivity index (χ3n) is 4.43. The number of aromatic amines is 1. The molecule has 1 atom stereocenters. The number of carbonyl (C=O) groups is 2. The molecule has 2 amide bonds. The minimum Gasteiger partial charge on any atom is -0.450 e. The fourth-order valence-electron chi connectivity index (χ4n) is 2.90. The van der Waals surface area contributed by atoms with Gasteiger partial charge in [0.1, 0.15) is 5.82 Å². The van der Waals surface area contributed by atoms with E-state index in [0.717, 1.165) is 44.2 Å². The number of alkyl carbamates (subject to hydrolysis) is 1. The number of rotatable bonds is 12. The Morgan fingerprint density at radius 2 is 1.96 bits per heavy atom. The molecule has 0 aliphatic rings. The number of nitrogens with one attached hydrogen (secondary N) is 2. The Morgan fingerprint density at radius 1 is 1.18 bits per heavy atom. The maximum atomic E-state index is 12.0. The number of aromatic nitrogens is 2. The summed E-state index contributed by atoms with van der Waals surface area (Å²) in [4.78, 5) is 30.9. The summed E-state index contributed by atoms with van der Waals surface area (Å²) < 4.78 is 5.19. The number of benzene rings is 1. The topological polar surface area (TPSA) is 110 Å². The fourth-order valence-corrected chi connectivity index (χ4v) is 2.90. The Kier molecular flexibility index (Phi) is 9.04. The summed E-state index contributed by atoms with van der Waals surface area (Å²) in [5.74, 6) is -0.0136. The second-order valence-electron chi connectivity index (χ2n) is 6.84. The lowest BCUT2D eigenvalue weighted by Crippen LogP contribution is -2.33. The average molecular weight is 386 g/mol. The van der Waals surface area contributed by atoms with Gasteiger partial charge in [-0.15, -0.1) is 0 Å². The van der Waals surface area contributed by atoms with Gasteiger partial charge in [-0.1, -0.05) is 56.5 Å². The van der Waals surface area contributed by atoms with Crippen molar-refractivity contribution in [1.29, 1.82) is 0 Å². The van der Waals surface area contributed by atoms with Crippen molar-refractivity contribution in [1.82, 2.24) is 15.3 Å². The maximum absolute atomic E-state index is 12.0. The zero-order valence-electron chi connectivity index (χ0n) is 16.4. The number of nitrogens with two attached hydrogens (primary N) is 1. The van der Waals surface area contributed by atoms with Crippen molar-refractivity contribution in [3.8, 4) is 0 Å². The molecule has 0 spiro atoms. The summed E-state index contributed by atoms with van der Waals surface area (Å²) >= 11 is 0. The van der Waals surface area contributed by atoms with E-state index in [1.165, 1.54) is 5.56 Å². The van der Waals surface area contributed by atoms with Crippen molar-refractivity contribution in [2.45, 2.75) is 57.9 Å². The molecular weight excluding hydrogens is 356 g/mol. The third kappa shape index (κ3) is 7.82. The molecule has 1 aromatic carbocycles. The summed E-state index contributed by atoms with van der Waals surface area (Å²) in [6.07, 6.45) is 6.86. The predicted octanol–water partition coefficient (Wildman–Crippen LogP) is 3.42. The van der Waals surface area contributed by atoms with E-state index < -0.39 is 18.0 Å². The average Bonchev–Trinajstić information content (AvgIpc) is 3.15. The molecule has 2 rings (SSSR count). The lowest BCUT2D eigenvalue weighted by atomic mass is 10.1. The lowest BCUT2D eigenvalue weighted by Gasteiger charge is -2.15. The highest BCUT2D eigenvalue weighted by atomic mass is 16.5. The van der Waals surface area contributed by atoms with Gasteiger partial charge in [-0.3, -0.25) is 4.79 Å². The molecule has 0 fully saturated rings. The van der Waals surface area contributed by atoms with Gasteiger partial charge < -0.3 is 20.8 Å². The van der Waals surface area contributed by atoms with Crippen LogP contribution in [0.15, 0.2) is 36.5 Å². The molecule has 7 heteroatoms. The summed E-state index contributed by atoms with van der Waals surface area (Å²) in [7, 11) is 0. The summed E-state index contributed by atoms with van der Waals surface area (Å²) in [5, 5.41) is 2.69. The Balaban J connectivity index is 1.88. The first-order valence-electron chi connectivity index (χ1n) is 9.87. The SMILES string of the molecule is CCCCCCOC(=O)N[C@H](CC(N)=O)c1ncc(CCc2ccccc2)[nH]1. The molecule has 0 bridgehead atoms. The van der Waals surface area contributed by atoms with Crippen LogP contribution < -0.4 is 11.1 Å². The van der Waals surface area contributed by atoms with E-state index in [4.69, 9.17) is 10.5 Å². The van der Waals surface area contributed by atoms with Gasteiger partial charge in [-0.25, -0.2) is 9.78 Å². The van der Waals surface area contributed by atoms with Crippen LogP contribution >= 0.6 is 0 Å². The van der Waals surface area contributed by atoms with Crippen LogP contribution in [0.5, 0.6) is 0 Å². The number of imidazole rings is 1. The van der Waals surface area contributed by atoms with Crippen LogP contribution in [0, 0.1) is 0 Å². The number of hydrogen-bond acceptors (Lipinski definition) is 4. The van der Waals surface area contributed by atoms with Gasteiger partial charge in [0.2, 0.25) is 5.91 Å². The Hall–Kier alpha value is -2.83. The summed E-state index contributed by atoms with van der Waals surface area (Å²) in [6, 6.07) is 9.52. The van der Waals surface area contributed by atoms with Crippen LogP contribution in [-0.4, -0.2) is 28.6 Å². The number of nitrogens with zero attached hydrogens (tertiary/aromatic N) is 1. The highest BCUT2D eigenvalue weighted by molar-refractivity contribution is 5.76. The fraction of sp³-hybridized carbons (Fsp3) is 0.476. The van der Waals surface area contributed by atoms with Crippen LogP contribution in [0.3, 0.4) is 0 Å². The molecule has 0 radical (unpaired) electrons. The van der Waals surface area contributed by atoms with Crippen molar-refractivity contribution in [3.05, 3.63) is 53.6 Å². The van der Waals surface area contributed by atoms with E-state index in [-0.39, 0.29) is 6.42 Å². The van der Waals surface area contributed by atoms with Gasteiger partial charge in [-0.2, -0.15) is 0 Å². The van der Waals surface area contributed by atoms with E-state index in [1.807, 2.05) is 18.2 Å². The maximum Gasteiger partial charge on any atom is 0.407 e. The molecule has 0 saturated heterocycles. The largest absolute Gasteiger partial charge is 0.450 e. The number of hydrogen-bond donors (Lipinski definition) is 3. The number of H-pyrrole nitrogens is 1. The Morgan fingerprint density at radius 3 is 2.68 bits per heavy atom. The molecule has 7 nitrogen and oxygen atoms in total. The van der Waals surface area contributed by atoms with Crippen molar-refractivity contribution in [2.75, 3.05) is 6.61 Å². The first-order chi connectivity index (χ1) is 13.6. The van der Waals surface area contributed by atoms with E-state index >= 15 is 0 Å². The molecule has 28 heavy (non-hydrogen) atoms. The molecule has 4 N–H and O–H groups in total. The highest BCUT2D eigenvalue weighted by Gasteiger charge is 2.21. The van der Waals surface area contributed by atoms with Gasteiger partial charge in [0.15, 0.2) is 0 Å². The minimum absolute atomic E-state index is 0.0451. The zero-order valence-corrected chi connectivity index (χ0v) is 16.4. The Labute approximate surface area is 166 Å². The number of unbranched alkanes of at least 4 members (excludes halogenated alkanes) is 3. The number of aryl methyl sites for hydroxylation is 2. The normalized spacial score (nSPS) is 11.8. The van der Waals surface area contributed by atoms with Crippen LogP contribution in [0.4, 0.5) is 4.79 Å². The summed E-state index contributed by atoms with van der Waals surface area (Å²) in [6.45, 7) is 2.48. The molecule has 152 valence electrons. The van der Waals surface area contributed by atoms with E-state index in [9.17, 15) is 9.59 Å². The van der Waals surface area contributed by atoms with Crippen molar-refractivity contribution in [2.24, 2.45) is 5.73 Å². The van der Waals surface area contributed by atoms with Gasteiger partial charge in [-0.05, 0) is 24.8 Å². The predicted molar refractivity (Wildman–Crippen MR) is 108 cm³/mol. The molecular formula is C21H30N4O3. The molecule has 0 aliphatic carbocycles. The van der Waals surface area contributed by atoms with Gasteiger partial charge >= 0.3 is 6.09 Å². The highest BCUT2D eigenvalue weighted by Crippen LogP contribution is 2.15. The molecule has 2 aromatic rings. The number of ether oxygens (including phenoxy) is 1. The van der Waals surface area contributed by atoms with Gasteiger partial charge in [0.05, 0.1) is 19.1 Å². The van der Waals surface area contributed by atoms with Crippen LogP contribution in [-0.2, 0) is 22.4 Å². The molecule has 0 saturated carbocycles. The van der Waals surface area contributed by atoms with Crippen molar-refractivity contribution in [3.63, 3.8) is 0 Å². The smallest absolute Gasteiger partial charge is 0.407 e. The molecule has 1 aromatic heterocycles. The summed E-state index contributed by atoms with van der Waals surface area (Å²) in [5.41, 5.74) is 7.50. The van der Waals surface area contributed by atoms with E-state index in [2.05, 4.69) is 34.3 Å². The van der Waals surface area contributed by atoms with E-state index in [1.54, 1.807) is 6.20 Å². The van der Waals surface area contributed by atoms with Crippen LogP contribution in [0.25, 0.3) is 0 Å². The minimum atomic E-state index is -0.633. The van der Waals surface area contributed by atoms with Gasteiger partial charge in [0.25, 0.3) is 0 Å². The standard InChI is InChI=1S/C21H30N4O3/c1-2-3-4-8-13-28-21(27)25-18(14-19(22)26)20-23-15-17(24-20)12-11-16-9-6-5-7-10-16/h5-7,9-10,15,18H,2-4,8,11-14H2,1H3,(H2,22,26)(H,23,24)(H,25,27)/t18-/m1/s1. The quantitative estimate of drug-likeness (QED) is 0.485. The monoisotopic (exact) mass is 386 g/mol. The first kappa shape index (κ1) is 21.5. The van der Waals surface area contributed by atoms with Crippen LogP contribution in [0.1, 0.15) is 62.2 Å².